The fourth-order valence-electron chi connectivity index (χ4n) is 2.26. The summed E-state index contributed by atoms with van der Waals surface area (Å²) in [4.78, 5) is 6.90. The Morgan fingerprint density at radius 1 is 1.53 bits per heavy atom. The first-order valence-corrected chi connectivity index (χ1v) is 7.49. The molecule has 1 atom stereocenters. The van der Waals surface area contributed by atoms with Crippen molar-refractivity contribution in [2.45, 2.75) is 32.7 Å². The third-order valence-electron chi connectivity index (χ3n) is 3.58. The SMILES string of the molecule is CC1CCN(CCNC(C)c2nccs2)CC1. The van der Waals surface area contributed by atoms with Gasteiger partial charge in [-0.3, -0.25) is 0 Å². The van der Waals surface area contributed by atoms with E-state index >= 15 is 0 Å². The summed E-state index contributed by atoms with van der Waals surface area (Å²) in [6, 6.07) is 0.388. The van der Waals surface area contributed by atoms with E-state index in [1.54, 1.807) is 11.3 Å². The van der Waals surface area contributed by atoms with Gasteiger partial charge in [0.05, 0.1) is 6.04 Å². The van der Waals surface area contributed by atoms with Crippen molar-refractivity contribution in [3.8, 4) is 0 Å². The molecule has 1 N–H and O–H groups in total. The number of aromatic nitrogens is 1. The average molecular weight is 253 g/mol. The van der Waals surface area contributed by atoms with Gasteiger partial charge in [0, 0.05) is 24.7 Å². The Morgan fingerprint density at radius 2 is 2.29 bits per heavy atom. The first kappa shape index (κ1) is 13.0. The van der Waals surface area contributed by atoms with Gasteiger partial charge in [-0.25, -0.2) is 4.98 Å². The maximum absolute atomic E-state index is 4.33. The molecular weight excluding hydrogens is 230 g/mol. The number of piperidine rings is 1. The predicted molar refractivity (Wildman–Crippen MR) is 73.4 cm³/mol. The molecule has 0 saturated carbocycles. The summed E-state index contributed by atoms with van der Waals surface area (Å²) >= 11 is 1.73. The zero-order valence-corrected chi connectivity index (χ0v) is 11.7. The van der Waals surface area contributed by atoms with Crippen LogP contribution in [0.4, 0.5) is 0 Å². The molecule has 1 aromatic heterocycles. The van der Waals surface area contributed by atoms with E-state index in [0.29, 0.717) is 6.04 Å². The number of hydrogen-bond donors (Lipinski definition) is 1. The van der Waals surface area contributed by atoms with Crippen LogP contribution in [0.1, 0.15) is 37.7 Å². The molecule has 4 heteroatoms. The van der Waals surface area contributed by atoms with E-state index in [-0.39, 0.29) is 0 Å². The van der Waals surface area contributed by atoms with Crippen molar-refractivity contribution in [3.05, 3.63) is 16.6 Å². The molecule has 1 unspecified atom stereocenters. The van der Waals surface area contributed by atoms with Crippen LogP contribution in [0.15, 0.2) is 11.6 Å². The van der Waals surface area contributed by atoms with Gasteiger partial charge < -0.3 is 10.2 Å². The van der Waals surface area contributed by atoms with Crippen molar-refractivity contribution in [1.82, 2.24) is 15.2 Å². The fourth-order valence-corrected chi connectivity index (χ4v) is 2.93. The highest BCUT2D eigenvalue weighted by Gasteiger charge is 2.15. The molecule has 1 saturated heterocycles. The zero-order valence-electron chi connectivity index (χ0n) is 10.9. The summed E-state index contributed by atoms with van der Waals surface area (Å²) in [5.74, 6) is 0.924. The van der Waals surface area contributed by atoms with E-state index in [1.807, 2.05) is 11.6 Å². The standard InChI is InChI=1S/C13H23N3S/c1-11-3-7-16(8-4-11)9-5-14-12(2)13-15-6-10-17-13/h6,10-12,14H,3-5,7-9H2,1-2H3. The summed E-state index contributed by atoms with van der Waals surface area (Å²) in [6.07, 6.45) is 4.61. The van der Waals surface area contributed by atoms with Crippen LogP contribution in [0.3, 0.4) is 0 Å². The van der Waals surface area contributed by atoms with E-state index in [9.17, 15) is 0 Å². The molecule has 0 spiro atoms. The highest BCUT2D eigenvalue weighted by Crippen LogP contribution is 2.16. The second-order valence-corrected chi connectivity index (χ2v) is 6.00. The highest BCUT2D eigenvalue weighted by atomic mass is 32.1. The van der Waals surface area contributed by atoms with E-state index < -0.39 is 0 Å². The first-order valence-electron chi connectivity index (χ1n) is 6.61. The molecule has 3 nitrogen and oxygen atoms in total. The van der Waals surface area contributed by atoms with E-state index in [1.165, 1.54) is 37.5 Å². The summed E-state index contributed by atoms with van der Waals surface area (Å²) in [7, 11) is 0. The fraction of sp³-hybridized carbons (Fsp3) is 0.769. The number of thiazole rings is 1. The minimum absolute atomic E-state index is 0.388. The maximum atomic E-state index is 4.33. The minimum atomic E-state index is 0.388. The topological polar surface area (TPSA) is 28.2 Å². The van der Waals surface area contributed by atoms with E-state index in [4.69, 9.17) is 0 Å². The summed E-state index contributed by atoms with van der Waals surface area (Å²) in [5.41, 5.74) is 0. The third-order valence-corrected chi connectivity index (χ3v) is 4.53. The second kappa shape index (κ2) is 6.47. The number of rotatable bonds is 5. The van der Waals surface area contributed by atoms with Crippen LogP contribution < -0.4 is 5.32 Å². The first-order chi connectivity index (χ1) is 8.25. The Kier molecular flexibility index (Phi) is 4.95. The second-order valence-electron chi connectivity index (χ2n) is 5.07. The largest absolute Gasteiger partial charge is 0.307 e. The molecule has 1 aromatic rings. The molecule has 0 bridgehead atoms. The van der Waals surface area contributed by atoms with Gasteiger partial charge in [0.15, 0.2) is 0 Å². The Bertz CT molecular complexity index is 304. The average Bonchev–Trinajstić information content (AvgIpc) is 2.85. The van der Waals surface area contributed by atoms with Crippen molar-refractivity contribution in [3.63, 3.8) is 0 Å². The van der Waals surface area contributed by atoms with Crippen LogP contribution in [0.2, 0.25) is 0 Å². The van der Waals surface area contributed by atoms with Crippen molar-refractivity contribution in [2.24, 2.45) is 5.92 Å². The van der Waals surface area contributed by atoms with Gasteiger partial charge in [-0.15, -0.1) is 11.3 Å². The number of nitrogens with one attached hydrogen (secondary N) is 1. The number of nitrogens with zero attached hydrogens (tertiary/aromatic N) is 2. The lowest BCUT2D eigenvalue weighted by molar-refractivity contribution is 0.191. The maximum Gasteiger partial charge on any atom is 0.109 e. The van der Waals surface area contributed by atoms with Crippen molar-refractivity contribution in [2.75, 3.05) is 26.2 Å². The molecule has 96 valence electrons. The smallest absolute Gasteiger partial charge is 0.109 e. The molecule has 0 aliphatic carbocycles. The zero-order chi connectivity index (χ0) is 12.1. The lowest BCUT2D eigenvalue weighted by Crippen LogP contribution is -2.38. The lowest BCUT2D eigenvalue weighted by atomic mass is 9.99. The molecule has 0 aromatic carbocycles. The monoisotopic (exact) mass is 253 g/mol. The lowest BCUT2D eigenvalue weighted by Gasteiger charge is -2.30. The Morgan fingerprint density at radius 3 is 2.94 bits per heavy atom. The molecule has 2 rings (SSSR count). The molecular formula is C13H23N3S. The quantitative estimate of drug-likeness (QED) is 0.874. The van der Waals surface area contributed by atoms with Gasteiger partial charge in [0.2, 0.25) is 0 Å². The van der Waals surface area contributed by atoms with Gasteiger partial charge in [0.25, 0.3) is 0 Å². The summed E-state index contributed by atoms with van der Waals surface area (Å²) in [5, 5.41) is 6.78. The van der Waals surface area contributed by atoms with E-state index in [2.05, 4.69) is 29.0 Å². The molecule has 1 aliphatic rings. The van der Waals surface area contributed by atoms with Crippen molar-refractivity contribution >= 4 is 11.3 Å². The highest BCUT2D eigenvalue weighted by molar-refractivity contribution is 7.09. The van der Waals surface area contributed by atoms with Crippen LogP contribution in [-0.4, -0.2) is 36.1 Å². The van der Waals surface area contributed by atoms with Crippen LogP contribution in [0.5, 0.6) is 0 Å². The van der Waals surface area contributed by atoms with Crippen LogP contribution in [-0.2, 0) is 0 Å². The van der Waals surface area contributed by atoms with Gasteiger partial charge in [-0.1, -0.05) is 6.92 Å². The number of likely N-dealkylation sites (tertiary alicyclic amines) is 1. The van der Waals surface area contributed by atoms with Crippen molar-refractivity contribution < 1.29 is 0 Å². The van der Waals surface area contributed by atoms with E-state index in [0.717, 1.165) is 12.5 Å². The van der Waals surface area contributed by atoms with Gasteiger partial charge in [-0.05, 0) is 38.8 Å². The minimum Gasteiger partial charge on any atom is -0.307 e. The summed E-state index contributed by atoms with van der Waals surface area (Å²) in [6.45, 7) is 9.33. The summed E-state index contributed by atoms with van der Waals surface area (Å²) < 4.78 is 0. The Hall–Kier alpha value is -0.450. The third kappa shape index (κ3) is 4.05. The van der Waals surface area contributed by atoms with Crippen molar-refractivity contribution in [1.29, 1.82) is 0 Å². The molecule has 0 amide bonds. The Labute approximate surface area is 108 Å². The molecule has 1 fully saturated rings. The van der Waals surface area contributed by atoms with Gasteiger partial charge in [-0.2, -0.15) is 0 Å². The van der Waals surface area contributed by atoms with Crippen LogP contribution in [0.25, 0.3) is 0 Å². The normalized spacial score (nSPS) is 20.6. The Balaban J connectivity index is 1.63. The predicted octanol–water partition coefficient (Wildman–Crippen LogP) is 2.53. The molecule has 17 heavy (non-hydrogen) atoms. The van der Waals surface area contributed by atoms with Crippen LogP contribution in [0, 0.1) is 5.92 Å². The molecule has 2 heterocycles. The number of hydrogen-bond acceptors (Lipinski definition) is 4. The van der Waals surface area contributed by atoms with Crippen LogP contribution >= 0.6 is 11.3 Å². The van der Waals surface area contributed by atoms with Gasteiger partial charge >= 0.3 is 0 Å². The van der Waals surface area contributed by atoms with Gasteiger partial charge in [0.1, 0.15) is 5.01 Å². The molecule has 0 radical (unpaired) electrons. The molecule has 1 aliphatic heterocycles.